The molecule has 0 saturated carbocycles. The van der Waals surface area contributed by atoms with E-state index in [2.05, 4.69) is 32.9 Å². The number of aryl methyl sites for hydroxylation is 1. The van der Waals surface area contributed by atoms with Crippen LogP contribution < -0.4 is 5.56 Å². The van der Waals surface area contributed by atoms with E-state index in [-0.39, 0.29) is 11.2 Å². The Labute approximate surface area is 191 Å². The van der Waals surface area contributed by atoms with E-state index in [1.807, 2.05) is 12.1 Å². The quantitative estimate of drug-likeness (QED) is 0.190. The Morgan fingerprint density at radius 3 is 2.69 bits per heavy atom. The number of rotatable bonds is 7. The highest BCUT2D eigenvalue weighted by atomic mass is 79.9. The fourth-order valence-corrected chi connectivity index (χ4v) is 3.61. The first kappa shape index (κ1) is 21.6. The van der Waals surface area contributed by atoms with E-state index in [0.29, 0.717) is 40.2 Å². The number of nitro benzene ring substituents is 1. The number of hydrogen-bond acceptors (Lipinski definition) is 6. The lowest BCUT2D eigenvalue weighted by atomic mass is 10.1. The molecule has 0 spiro atoms. The van der Waals surface area contributed by atoms with Crippen LogP contribution in [0.4, 0.5) is 5.69 Å². The molecule has 0 bridgehead atoms. The molecule has 162 valence electrons. The van der Waals surface area contributed by atoms with Gasteiger partial charge in [-0.2, -0.15) is 9.78 Å². The van der Waals surface area contributed by atoms with Gasteiger partial charge in [-0.1, -0.05) is 29.3 Å². The molecule has 2 aromatic heterocycles. The minimum atomic E-state index is -0.450. The van der Waals surface area contributed by atoms with Crippen LogP contribution in [0.25, 0.3) is 22.2 Å². The molecule has 4 rings (SSSR count). The summed E-state index contributed by atoms with van der Waals surface area (Å²) in [5.74, 6) is 1.58. The van der Waals surface area contributed by atoms with Gasteiger partial charge in [0.25, 0.3) is 11.2 Å². The van der Waals surface area contributed by atoms with Gasteiger partial charge >= 0.3 is 0 Å². The summed E-state index contributed by atoms with van der Waals surface area (Å²) in [6.07, 6.45) is 3.95. The highest BCUT2D eigenvalue weighted by Gasteiger charge is 2.12. The molecule has 9 heteroatoms. The SMILES string of the molecule is CCCCc1nc2ccc(Br)cc2c(=O)n1N=Cc1ccc(-c2ccc([N+](=O)[O-])cc2)o1. The Balaban J connectivity index is 1.68. The largest absolute Gasteiger partial charge is 0.455 e. The maximum atomic E-state index is 13.1. The first-order valence-corrected chi connectivity index (χ1v) is 10.9. The summed E-state index contributed by atoms with van der Waals surface area (Å²) < 4.78 is 7.91. The van der Waals surface area contributed by atoms with Gasteiger partial charge in [-0.05, 0) is 48.9 Å². The molecule has 0 N–H and O–H groups in total. The van der Waals surface area contributed by atoms with Crippen LogP contribution in [0.1, 0.15) is 31.4 Å². The molecule has 0 unspecified atom stereocenters. The lowest BCUT2D eigenvalue weighted by Gasteiger charge is -2.08. The van der Waals surface area contributed by atoms with Gasteiger partial charge in [0.2, 0.25) is 0 Å². The number of furan rings is 1. The van der Waals surface area contributed by atoms with E-state index >= 15 is 0 Å². The minimum Gasteiger partial charge on any atom is -0.455 e. The maximum Gasteiger partial charge on any atom is 0.282 e. The average Bonchev–Trinajstić information content (AvgIpc) is 3.26. The van der Waals surface area contributed by atoms with Gasteiger partial charge in [-0.25, -0.2) is 4.98 Å². The lowest BCUT2D eigenvalue weighted by Crippen LogP contribution is -2.22. The molecule has 0 amide bonds. The fourth-order valence-electron chi connectivity index (χ4n) is 3.25. The average molecular weight is 495 g/mol. The van der Waals surface area contributed by atoms with Crippen LogP contribution in [0.3, 0.4) is 0 Å². The molecular formula is C23H19BrN4O4. The van der Waals surface area contributed by atoms with Crippen LogP contribution in [0.2, 0.25) is 0 Å². The summed E-state index contributed by atoms with van der Waals surface area (Å²) >= 11 is 3.40. The Bertz CT molecular complexity index is 1370. The van der Waals surface area contributed by atoms with Crippen molar-refractivity contribution in [2.24, 2.45) is 5.10 Å². The second kappa shape index (κ2) is 9.27. The smallest absolute Gasteiger partial charge is 0.282 e. The molecule has 0 aliphatic carbocycles. The van der Waals surface area contributed by atoms with Gasteiger partial charge in [-0.3, -0.25) is 14.9 Å². The van der Waals surface area contributed by atoms with Crippen molar-refractivity contribution < 1.29 is 9.34 Å². The van der Waals surface area contributed by atoms with Crippen molar-refractivity contribution >= 4 is 38.7 Å². The third-order valence-corrected chi connectivity index (χ3v) is 5.41. The van der Waals surface area contributed by atoms with Gasteiger partial charge in [0, 0.05) is 28.6 Å². The second-order valence-electron chi connectivity index (χ2n) is 7.16. The molecule has 4 aromatic rings. The standard InChI is InChI=1S/C23H19BrN4O4/c1-2-3-4-22-26-20-11-7-16(24)13-19(20)23(29)27(22)25-14-18-10-12-21(32-18)15-5-8-17(9-6-15)28(30)31/h5-14H,2-4H2,1H3. The van der Waals surface area contributed by atoms with Crippen molar-refractivity contribution in [2.75, 3.05) is 0 Å². The summed E-state index contributed by atoms with van der Waals surface area (Å²) in [7, 11) is 0. The van der Waals surface area contributed by atoms with Crippen molar-refractivity contribution in [1.29, 1.82) is 0 Å². The molecule has 0 saturated heterocycles. The van der Waals surface area contributed by atoms with E-state index in [0.717, 1.165) is 17.3 Å². The first-order chi connectivity index (χ1) is 15.5. The summed E-state index contributed by atoms with van der Waals surface area (Å²) in [6, 6.07) is 15.0. The molecule has 2 aromatic carbocycles. The van der Waals surface area contributed by atoms with Crippen LogP contribution >= 0.6 is 15.9 Å². The molecule has 0 aliphatic heterocycles. The molecule has 0 aliphatic rings. The molecule has 2 heterocycles. The van der Waals surface area contributed by atoms with Gasteiger partial charge in [-0.15, -0.1) is 0 Å². The predicted octanol–water partition coefficient (Wildman–Crippen LogP) is 5.55. The zero-order valence-electron chi connectivity index (χ0n) is 17.2. The van der Waals surface area contributed by atoms with Gasteiger partial charge < -0.3 is 4.42 Å². The van der Waals surface area contributed by atoms with Gasteiger partial charge in [0.05, 0.1) is 22.0 Å². The van der Waals surface area contributed by atoms with Crippen LogP contribution in [0.15, 0.2) is 73.4 Å². The highest BCUT2D eigenvalue weighted by molar-refractivity contribution is 9.10. The summed E-state index contributed by atoms with van der Waals surface area (Å²) in [6.45, 7) is 2.08. The number of aromatic nitrogens is 2. The van der Waals surface area contributed by atoms with Crippen LogP contribution in [-0.4, -0.2) is 20.8 Å². The topological polar surface area (TPSA) is 104 Å². The summed E-state index contributed by atoms with van der Waals surface area (Å²) in [5, 5.41) is 15.7. The third kappa shape index (κ3) is 4.52. The highest BCUT2D eigenvalue weighted by Crippen LogP contribution is 2.24. The zero-order valence-corrected chi connectivity index (χ0v) is 18.8. The molecule has 0 fully saturated rings. The van der Waals surface area contributed by atoms with Crippen LogP contribution in [0.5, 0.6) is 0 Å². The van der Waals surface area contributed by atoms with Gasteiger partial charge in [0.1, 0.15) is 17.3 Å². The number of nitro groups is 1. The van der Waals surface area contributed by atoms with E-state index in [1.54, 1.807) is 30.3 Å². The van der Waals surface area contributed by atoms with Gasteiger partial charge in [0.15, 0.2) is 0 Å². The van der Waals surface area contributed by atoms with Crippen molar-refractivity contribution in [2.45, 2.75) is 26.2 Å². The zero-order chi connectivity index (χ0) is 22.7. The van der Waals surface area contributed by atoms with E-state index in [9.17, 15) is 14.9 Å². The second-order valence-corrected chi connectivity index (χ2v) is 8.08. The van der Waals surface area contributed by atoms with Crippen molar-refractivity contribution in [1.82, 2.24) is 9.66 Å². The Kier molecular flexibility index (Phi) is 6.27. The molecule has 0 radical (unpaired) electrons. The number of benzene rings is 2. The van der Waals surface area contributed by atoms with E-state index in [4.69, 9.17) is 4.42 Å². The molecule has 0 atom stereocenters. The summed E-state index contributed by atoms with van der Waals surface area (Å²) in [4.78, 5) is 28.1. The number of unbranched alkanes of at least 4 members (excludes halogenated alkanes) is 1. The number of non-ortho nitro benzene ring substituents is 1. The Morgan fingerprint density at radius 1 is 1.19 bits per heavy atom. The van der Waals surface area contributed by atoms with Crippen LogP contribution in [0, 0.1) is 10.1 Å². The monoisotopic (exact) mass is 494 g/mol. The molecular weight excluding hydrogens is 476 g/mol. The Morgan fingerprint density at radius 2 is 1.97 bits per heavy atom. The minimum absolute atomic E-state index is 0.0107. The first-order valence-electron chi connectivity index (χ1n) is 10.1. The van der Waals surface area contributed by atoms with Crippen molar-refractivity contribution in [3.05, 3.63) is 91.1 Å². The van der Waals surface area contributed by atoms with Crippen molar-refractivity contribution in [3.63, 3.8) is 0 Å². The van der Waals surface area contributed by atoms with E-state index in [1.165, 1.54) is 23.0 Å². The number of halogens is 1. The summed E-state index contributed by atoms with van der Waals surface area (Å²) in [5.41, 5.74) is 1.10. The third-order valence-electron chi connectivity index (χ3n) is 4.92. The lowest BCUT2D eigenvalue weighted by molar-refractivity contribution is -0.384. The number of fused-ring (bicyclic) bond motifs is 1. The van der Waals surface area contributed by atoms with Crippen LogP contribution in [-0.2, 0) is 6.42 Å². The van der Waals surface area contributed by atoms with E-state index < -0.39 is 4.92 Å². The predicted molar refractivity (Wildman–Crippen MR) is 126 cm³/mol. The fraction of sp³-hybridized carbons (Fsp3) is 0.174. The molecule has 8 nitrogen and oxygen atoms in total. The number of hydrogen-bond donors (Lipinski definition) is 0. The maximum absolute atomic E-state index is 13.1. The number of nitrogens with zero attached hydrogens (tertiary/aromatic N) is 4. The Hall–Kier alpha value is -3.59. The normalized spacial score (nSPS) is 11.4. The molecule has 32 heavy (non-hydrogen) atoms. The van der Waals surface area contributed by atoms with Crippen molar-refractivity contribution in [3.8, 4) is 11.3 Å².